The Morgan fingerprint density at radius 3 is 1.29 bits per heavy atom. The molecule has 1 aromatic rings. The quantitative estimate of drug-likeness (QED) is 0.726. The van der Waals surface area contributed by atoms with Crippen LogP contribution in [-0.4, -0.2) is 32.0 Å². The van der Waals surface area contributed by atoms with Crippen LogP contribution >= 0.6 is 0 Å². The molecule has 1 aromatic carbocycles. The molecule has 0 aliphatic rings. The van der Waals surface area contributed by atoms with Crippen molar-refractivity contribution in [3.05, 3.63) is 23.3 Å². The van der Waals surface area contributed by atoms with E-state index in [2.05, 4.69) is 71.9 Å². The summed E-state index contributed by atoms with van der Waals surface area (Å²) in [4.78, 5) is 0. The summed E-state index contributed by atoms with van der Waals surface area (Å²) in [6, 6.07) is 4.49. The maximum atomic E-state index is 3.18. The van der Waals surface area contributed by atoms with Gasteiger partial charge in [-0.1, -0.05) is 0 Å². The summed E-state index contributed by atoms with van der Waals surface area (Å²) in [7, 11) is 0. The zero-order valence-electron chi connectivity index (χ0n) is 9.13. The molecule has 2 radical (unpaired) electrons. The van der Waals surface area contributed by atoms with Crippen LogP contribution < -0.4 is 8.92 Å². The Bertz CT molecular complexity index is 294. The van der Waals surface area contributed by atoms with Crippen molar-refractivity contribution in [3.8, 4) is 0 Å². The molecule has 76 valence electrons. The van der Waals surface area contributed by atoms with Gasteiger partial charge in [0.05, 0.1) is 0 Å². The molecule has 0 nitrogen and oxygen atoms in total. The van der Waals surface area contributed by atoms with E-state index in [1.807, 2.05) is 0 Å². The molecule has 0 spiro atoms. The van der Waals surface area contributed by atoms with E-state index in [4.69, 9.17) is 0 Å². The van der Waals surface area contributed by atoms with Crippen LogP contribution in [0.25, 0.3) is 0 Å². The van der Waals surface area contributed by atoms with Crippen molar-refractivity contribution in [1.82, 2.24) is 0 Å². The van der Waals surface area contributed by atoms with E-state index in [-0.39, 0.29) is 0 Å². The fraction of sp³-hybridized carbons (Fsp3) is 0.500. The van der Waals surface area contributed by atoms with Gasteiger partial charge in [-0.15, -0.1) is 0 Å². The second-order valence-electron chi connectivity index (χ2n) is 4.21. The third-order valence-electron chi connectivity index (χ3n) is 2.42. The molecule has 0 saturated carbocycles. The van der Waals surface area contributed by atoms with E-state index in [1.54, 1.807) is 0 Å². The Morgan fingerprint density at radius 2 is 1.07 bits per heavy atom. The summed E-state index contributed by atoms with van der Waals surface area (Å²) in [6.07, 6.45) is 0. The van der Waals surface area contributed by atoms with E-state index in [9.17, 15) is 0 Å². The van der Waals surface area contributed by atoms with Gasteiger partial charge in [0.15, 0.2) is 0 Å². The Balaban J connectivity index is 3.26. The van der Waals surface area contributed by atoms with Gasteiger partial charge in [-0.2, -0.15) is 0 Å². The first-order valence-corrected chi connectivity index (χ1v) is 6.67. The zero-order chi connectivity index (χ0) is 10.9. The molecule has 0 heterocycles. The third-order valence-corrected chi connectivity index (χ3v) is 4.92. The minimum absolute atomic E-state index is 0.583. The van der Waals surface area contributed by atoms with Crippen LogP contribution in [0, 0.1) is 0 Å². The molecular weight excluding hydrogens is 302 g/mol. The fourth-order valence-electron chi connectivity index (χ4n) is 1.50. The van der Waals surface area contributed by atoms with Gasteiger partial charge in [0.1, 0.15) is 0 Å². The van der Waals surface area contributed by atoms with E-state index >= 15 is 0 Å². The molecule has 1 rings (SSSR count). The van der Waals surface area contributed by atoms with Crippen LogP contribution in [0.5, 0.6) is 0 Å². The van der Waals surface area contributed by atoms with Crippen molar-refractivity contribution in [2.75, 3.05) is 0 Å². The van der Waals surface area contributed by atoms with Crippen LogP contribution in [0.2, 0.25) is 0 Å². The first kappa shape index (κ1) is 12.3. The summed E-state index contributed by atoms with van der Waals surface area (Å²) in [5, 5.41) is 0. The Labute approximate surface area is 103 Å². The van der Waals surface area contributed by atoms with Gasteiger partial charge < -0.3 is 0 Å². The van der Waals surface area contributed by atoms with Crippen LogP contribution in [-0.2, 0) is 0 Å². The number of rotatable bonds is 2. The SMILES string of the molecule is CC(C)c1ccc(C(C)C)c([Se])c1[Se]. The van der Waals surface area contributed by atoms with Crippen LogP contribution in [0.1, 0.15) is 50.7 Å². The molecule has 0 atom stereocenters. The van der Waals surface area contributed by atoms with Gasteiger partial charge in [-0.25, -0.2) is 0 Å². The van der Waals surface area contributed by atoms with Gasteiger partial charge in [0, 0.05) is 0 Å². The Hall–Kier alpha value is 0.259. The average molecular weight is 318 g/mol. The van der Waals surface area contributed by atoms with E-state index in [0.717, 1.165) is 0 Å². The molecule has 0 aliphatic heterocycles. The van der Waals surface area contributed by atoms with Gasteiger partial charge >= 0.3 is 104 Å². The Kier molecular flexibility index (Phi) is 4.28. The van der Waals surface area contributed by atoms with E-state index in [0.29, 0.717) is 11.8 Å². The van der Waals surface area contributed by atoms with Crippen LogP contribution in [0.4, 0.5) is 0 Å². The van der Waals surface area contributed by atoms with Crippen LogP contribution in [0.15, 0.2) is 12.1 Å². The second kappa shape index (κ2) is 4.85. The summed E-state index contributed by atoms with van der Waals surface area (Å²) in [6.45, 7) is 8.91. The standard InChI is InChI=1S/C12H16Se2/c1-7(2)9-5-6-10(8(3)4)12(14)11(9)13/h5-8H,1-4H3. The average Bonchev–Trinajstić information content (AvgIpc) is 2.08. The minimum atomic E-state index is 0.583. The molecule has 0 bridgehead atoms. The summed E-state index contributed by atoms with van der Waals surface area (Å²) in [5.74, 6) is 1.17. The van der Waals surface area contributed by atoms with Crippen molar-refractivity contribution >= 4 is 40.9 Å². The summed E-state index contributed by atoms with van der Waals surface area (Å²) < 4.78 is 2.59. The van der Waals surface area contributed by atoms with Crippen molar-refractivity contribution in [1.29, 1.82) is 0 Å². The Morgan fingerprint density at radius 1 is 0.786 bits per heavy atom. The molecule has 0 aliphatic carbocycles. The molecular formula is C12H16Se2. The number of hydrogen-bond donors (Lipinski definition) is 0. The zero-order valence-corrected chi connectivity index (χ0v) is 12.6. The number of benzene rings is 1. The molecule has 0 amide bonds. The maximum absolute atomic E-state index is 3.18. The van der Waals surface area contributed by atoms with E-state index < -0.39 is 0 Å². The number of hydrogen-bond acceptors (Lipinski definition) is 0. The summed E-state index contributed by atoms with van der Waals surface area (Å²) >= 11 is 6.37. The molecule has 0 N–H and O–H groups in total. The predicted octanol–water partition coefficient (Wildman–Crippen LogP) is 1.52. The normalized spacial score (nSPS) is 11.3. The molecule has 0 fully saturated rings. The first-order chi connectivity index (χ1) is 6.45. The van der Waals surface area contributed by atoms with Gasteiger partial charge in [0.2, 0.25) is 0 Å². The molecule has 14 heavy (non-hydrogen) atoms. The van der Waals surface area contributed by atoms with Crippen molar-refractivity contribution in [2.45, 2.75) is 39.5 Å². The van der Waals surface area contributed by atoms with Crippen molar-refractivity contribution in [2.24, 2.45) is 0 Å². The second-order valence-corrected chi connectivity index (χ2v) is 5.92. The molecule has 0 saturated heterocycles. The first-order valence-electron chi connectivity index (χ1n) is 4.96. The van der Waals surface area contributed by atoms with Gasteiger partial charge in [-0.05, 0) is 0 Å². The van der Waals surface area contributed by atoms with Crippen LogP contribution in [0.3, 0.4) is 0 Å². The van der Waals surface area contributed by atoms with Crippen molar-refractivity contribution in [3.63, 3.8) is 0 Å². The van der Waals surface area contributed by atoms with Crippen molar-refractivity contribution < 1.29 is 0 Å². The molecule has 2 heteroatoms. The van der Waals surface area contributed by atoms with Gasteiger partial charge in [-0.3, -0.25) is 0 Å². The monoisotopic (exact) mass is 320 g/mol. The molecule has 0 aromatic heterocycles. The topological polar surface area (TPSA) is 0 Å². The third kappa shape index (κ3) is 2.44. The summed E-state index contributed by atoms with van der Waals surface area (Å²) in [5.41, 5.74) is 2.81. The fourth-order valence-corrected chi connectivity index (χ4v) is 3.27. The van der Waals surface area contributed by atoms with E-state index in [1.165, 1.54) is 20.1 Å². The van der Waals surface area contributed by atoms with Gasteiger partial charge in [0.25, 0.3) is 0 Å². The predicted molar refractivity (Wildman–Crippen MR) is 65.4 cm³/mol. The molecule has 0 unspecified atom stereocenters.